The third-order valence-corrected chi connectivity index (χ3v) is 6.70. The number of rotatable bonds is 4. The maximum atomic E-state index is 13.0. The van der Waals surface area contributed by atoms with Crippen LogP contribution in [0.4, 0.5) is 0 Å². The van der Waals surface area contributed by atoms with Crippen LogP contribution in [-0.4, -0.2) is 58.0 Å². The number of benzene rings is 1. The van der Waals surface area contributed by atoms with E-state index in [9.17, 15) is 14.7 Å². The highest BCUT2D eigenvalue weighted by molar-refractivity contribution is 7.99. The maximum absolute atomic E-state index is 13.0. The summed E-state index contributed by atoms with van der Waals surface area (Å²) in [4.78, 5) is 29.3. The molecule has 6 nitrogen and oxygen atoms in total. The van der Waals surface area contributed by atoms with Gasteiger partial charge in [0.25, 0.3) is 0 Å². The molecule has 2 aromatic rings. The molecule has 0 spiro atoms. The van der Waals surface area contributed by atoms with E-state index in [-0.39, 0.29) is 17.7 Å². The normalized spacial score (nSPS) is 20.8. The Balaban J connectivity index is 1.63. The fourth-order valence-corrected chi connectivity index (χ4v) is 5.13. The fraction of sp³-hybridized carbons (Fsp3) is 0.524. The summed E-state index contributed by atoms with van der Waals surface area (Å²) in [5, 5.41) is 10.9. The molecule has 4 rings (SSSR count). The zero-order valence-electron chi connectivity index (χ0n) is 16.1. The molecule has 0 bridgehead atoms. The Hall–Kier alpha value is -1.99. The number of carbonyl (C=O) groups is 1. The van der Waals surface area contributed by atoms with Gasteiger partial charge in [-0.05, 0) is 43.0 Å². The van der Waals surface area contributed by atoms with Gasteiger partial charge < -0.3 is 14.4 Å². The van der Waals surface area contributed by atoms with Crippen molar-refractivity contribution in [2.24, 2.45) is 0 Å². The molecule has 1 unspecified atom stereocenters. The fourth-order valence-electron chi connectivity index (χ4n) is 4.23. The molecule has 150 valence electrons. The van der Waals surface area contributed by atoms with E-state index < -0.39 is 5.63 Å². The zero-order valence-corrected chi connectivity index (χ0v) is 17.0. The average Bonchev–Trinajstić information content (AvgIpc) is 3.15. The minimum absolute atomic E-state index is 0.117. The lowest BCUT2D eigenvalue weighted by molar-refractivity contribution is -0.135. The third-order valence-electron chi connectivity index (χ3n) is 5.76. The van der Waals surface area contributed by atoms with Crippen LogP contribution in [0.2, 0.25) is 0 Å². The van der Waals surface area contributed by atoms with Gasteiger partial charge in [0, 0.05) is 48.7 Å². The van der Waals surface area contributed by atoms with E-state index in [0.717, 1.165) is 60.5 Å². The molecule has 1 amide bonds. The predicted octanol–water partition coefficient (Wildman–Crippen LogP) is 2.60. The molecule has 0 radical (unpaired) electrons. The number of phenolic OH excluding ortho intramolecular Hbond substituents is 1. The van der Waals surface area contributed by atoms with Crippen molar-refractivity contribution < 1.29 is 14.3 Å². The lowest BCUT2D eigenvalue weighted by Gasteiger charge is -2.32. The number of amides is 1. The Labute approximate surface area is 168 Å². The molecule has 0 saturated carbocycles. The van der Waals surface area contributed by atoms with Crippen LogP contribution in [0.5, 0.6) is 5.75 Å². The van der Waals surface area contributed by atoms with Crippen molar-refractivity contribution in [2.75, 3.05) is 31.1 Å². The Bertz CT molecular complexity index is 936. The average molecular weight is 403 g/mol. The molecule has 0 aliphatic carbocycles. The second-order valence-corrected chi connectivity index (χ2v) is 8.71. The summed E-state index contributed by atoms with van der Waals surface area (Å²) in [6, 6.07) is 4.83. The van der Waals surface area contributed by atoms with Crippen LogP contribution in [0.15, 0.2) is 27.4 Å². The van der Waals surface area contributed by atoms with Gasteiger partial charge in [-0.15, -0.1) is 0 Å². The van der Waals surface area contributed by atoms with E-state index in [1.165, 1.54) is 12.1 Å². The molecule has 3 heterocycles. The first kappa shape index (κ1) is 19.3. The van der Waals surface area contributed by atoms with E-state index in [2.05, 4.69) is 4.90 Å². The van der Waals surface area contributed by atoms with Crippen molar-refractivity contribution in [3.05, 3.63) is 39.7 Å². The first-order valence-electron chi connectivity index (χ1n) is 9.96. The molecule has 1 aromatic heterocycles. The molecule has 7 heteroatoms. The highest BCUT2D eigenvalue weighted by Gasteiger charge is 2.34. The molecular formula is C21H26N2O4S. The molecule has 1 N–H and O–H groups in total. The monoisotopic (exact) mass is 402 g/mol. The molecular weight excluding hydrogens is 376 g/mol. The quantitative estimate of drug-likeness (QED) is 0.793. The van der Waals surface area contributed by atoms with Crippen LogP contribution in [0, 0.1) is 0 Å². The second kappa shape index (κ2) is 8.17. The number of carbonyl (C=O) groups excluding carboxylic acids is 1. The van der Waals surface area contributed by atoms with Crippen molar-refractivity contribution in [2.45, 2.75) is 38.8 Å². The van der Waals surface area contributed by atoms with E-state index >= 15 is 0 Å². The third kappa shape index (κ3) is 3.78. The number of aromatic hydroxyl groups is 1. The lowest BCUT2D eigenvalue weighted by Crippen LogP contribution is -2.48. The van der Waals surface area contributed by atoms with Gasteiger partial charge in [0.15, 0.2) is 0 Å². The Morgan fingerprint density at radius 2 is 2.00 bits per heavy atom. The largest absolute Gasteiger partial charge is 0.508 e. The summed E-state index contributed by atoms with van der Waals surface area (Å²) in [5.41, 5.74) is 1.64. The van der Waals surface area contributed by atoms with E-state index in [1.807, 2.05) is 29.7 Å². The van der Waals surface area contributed by atoms with Crippen molar-refractivity contribution in [1.82, 2.24) is 9.80 Å². The van der Waals surface area contributed by atoms with Crippen LogP contribution in [0.1, 0.15) is 30.9 Å². The number of aryl methyl sites for hydroxylation is 1. The summed E-state index contributed by atoms with van der Waals surface area (Å²) < 4.78 is 5.31. The van der Waals surface area contributed by atoms with Gasteiger partial charge >= 0.3 is 5.63 Å². The molecule has 2 saturated heterocycles. The lowest BCUT2D eigenvalue weighted by atomic mass is 10.0. The molecule has 28 heavy (non-hydrogen) atoms. The predicted molar refractivity (Wildman–Crippen MR) is 111 cm³/mol. The van der Waals surface area contributed by atoms with Gasteiger partial charge in [0.2, 0.25) is 5.91 Å². The molecule has 2 aliphatic rings. The number of likely N-dealkylation sites (tertiary alicyclic amines) is 1. The Kier molecular flexibility index (Phi) is 5.64. The number of thioether (sulfide) groups is 1. The number of nitrogens with zero attached hydrogens (tertiary/aromatic N) is 2. The molecule has 1 aromatic carbocycles. The van der Waals surface area contributed by atoms with Crippen LogP contribution >= 0.6 is 11.8 Å². The van der Waals surface area contributed by atoms with Crippen LogP contribution in [0.25, 0.3) is 11.0 Å². The Morgan fingerprint density at radius 1 is 1.21 bits per heavy atom. The van der Waals surface area contributed by atoms with Gasteiger partial charge in [0.05, 0.1) is 6.04 Å². The van der Waals surface area contributed by atoms with Crippen molar-refractivity contribution in [1.29, 1.82) is 0 Å². The highest BCUT2D eigenvalue weighted by atomic mass is 32.2. The standard InChI is InChI=1S/C21H26N2O4S/c1-2-14-10-16-15(11-20(25)27-19(16)12-18(14)24)13-23-5-3-4-17(23)21(26)22-6-8-28-9-7-22/h10-12,17,24H,2-9,13H2,1H3. The van der Waals surface area contributed by atoms with E-state index in [1.54, 1.807) is 0 Å². The summed E-state index contributed by atoms with van der Waals surface area (Å²) >= 11 is 1.90. The minimum atomic E-state index is -0.429. The van der Waals surface area contributed by atoms with E-state index in [4.69, 9.17) is 4.42 Å². The van der Waals surface area contributed by atoms with Crippen LogP contribution in [0.3, 0.4) is 0 Å². The summed E-state index contributed by atoms with van der Waals surface area (Å²) in [7, 11) is 0. The van der Waals surface area contributed by atoms with Crippen LogP contribution < -0.4 is 5.63 Å². The highest BCUT2D eigenvalue weighted by Crippen LogP contribution is 2.29. The number of hydrogen-bond donors (Lipinski definition) is 1. The molecule has 1 atom stereocenters. The van der Waals surface area contributed by atoms with Gasteiger partial charge in [-0.2, -0.15) is 11.8 Å². The van der Waals surface area contributed by atoms with Gasteiger partial charge in [0.1, 0.15) is 11.3 Å². The smallest absolute Gasteiger partial charge is 0.336 e. The summed E-state index contributed by atoms with van der Waals surface area (Å²) in [6.07, 6.45) is 2.54. The summed E-state index contributed by atoms with van der Waals surface area (Å²) in [5.74, 6) is 2.38. The Morgan fingerprint density at radius 3 is 2.75 bits per heavy atom. The minimum Gasteiger partial charge on any atom is -0.508 e. The van der Waals surface area contributed by atoms with Crippen molar-refractivity contribution in [3.63, 3.8) is 0 Å². The van der Waals surface area contributed by atoms with Crippen molar-refractivity contribution in [3.8, 4) is 5.75 Å². The van der Waals surface area contributed by atoms with Gasteiger partial charge in [-0.1, -0.05) is 6.92 Å². The summed E-state index contributed by atoms with van der Waals surface area (Å²) in [6.45, 7) is 5.01. The van der Waals surface area contributed by atoms with Crippen molar-refractivity contribution >= 4 is 28.6 Å². The number of hydrogen-bond acceptors (Lipinski definition) is 6. The van der Waals surface area contributed by atoms with Gasteiger partial charge in [-0.25, -0.2) is 4.79 Å². The topological polar surface area (TPSA) is 74.0 Å². The maximum Gasteiger partial charge on any atom is 0.336 e. The number of fused-ring (bicyclic) bond motifs is 1. The first-order valence-corrected chi connectivity index (χ1v) is 11.1. The molecule has 2 aliphatic heterocycles. The van der Waals surface area contributed by atoms with Crippen LogP contribution in [-0.2, 0) is 17.8 Å². The molecule has 2 fully saturated rings. The van der Waals surface area contributed by atoms with Gasteiger partial charge in [-0.3, -0.25) is 9.69 Å². The van der Waals surface area contributed by atoms with E-state index in [0.29, 0.717) is 18.5 Å². The first-order chi connectivity index (χ1) is 13.6. The number of phenols is 1. The second-order valence-electron chi connectivity index (χ2n) is 7.49. The SMILES string of the molecule is CCc1cc2c(CN3CCCC3C(=O)N3CCSCC3)cc(=O)oc2cc1O. The zero-order chi connectivity index (χ0) is 19.7.